The Morgan fingerprint density at radius 3 is 2.44 bits per heavy atom. The molecular formula is C5H12NO2S-. The average molecular weight is 150 g/mol. The van der Waals surface area contributed by atoms with Crippen LogP contribution in [0.5, 0.6) is 0 Å². The maximum Gasteiger partial charge on any atom is 0.0337 e. The summed E-state index contributed by atoms with van der Waals surface area (Å²) in [7, 11) is 1.75. The van der Waals surface area contributed by atoms with Crippen molar-refractivity contribution < 1.29 is 8.76 Å². The molecule has 0 heterocycles. The van der Waals surface area contributed by atoms with Crippen molar-refractivity contribution in [1.29, 1.82) is 0 Å². The zero-order chi connectivity index (χ0) is 7.28. The molecule has 3 nitrogen and oxygen atoms in total. The zero-order valence-electron chi connectivity index (χ0n) is 5.72. The van der Waals surface area contributed by atoms with Gasteiger partial charge < -0.3 is 9.87 Å². The summed E-state index contributed by atoms with van der Waals surface area (Å²) in [5.41, 5.74) is 0. The van der Waals surface area contributed by atoms with E-state index in [2.05, 4.69) is 5.32 Å². The van der Waals surface area contributed by atoms with Crippen LogP contribution in [0, 0.1) is 0 Å². The lowest BCUT2D eigenvalue weighted by molar-refractivity contribution is 0.514. The molecule has 0 saturated heterocycles. The average Bonchev–Trinajstić information content (AvgIpc) is 1.82. The predicted octanol–water partition coefficient (Wildman–Crippen LogP) is -0.136. The summed E-state index contributed by atoms with van der Waals surface area (Å²) in [4.78, 5) is 0. The van der Waals surface area contributed by atoms with Crippen molar-refractivity contribution in [2.75, 3.05) is 13.6 Å². The molecule has 0 aromatic heterocycles. The lowest BCUT2D eigenvalue weighted by atomic mass is 10.3. The van der Waals surface area contributed by atoms with Crippen LogP contribution in [0.4, 0.5) is 0 Å². The van der Waals surface area contributed by atoms with Gasteiger partial charge in [-0.25, -0.2) is 0 Å². The second-order valence-corrected chi connectivity index (χ2v) is 3.04. The van der Waals surface area contributed by atoms with Crippen LogP contribution in [0.15, 0.2) is 0 Å². The summed E-state index contributed by atoms with van der Waals surface area (Å²) in [5, 5.41) is 2.58. The molecule has 9 heavy (non-hydrogen) atoms. The highest BCUT2D eigenvalue weighted by Crippen LogP contribution is 1.96. The molecule has 1 N–H and O–H groups in total. The first-order valence-corrected chi connectivity index (χ1v) is 4.08. The topological polar surface area (TPSA) is 52.2 Å². The SMILES string of the molecule is CCC(CNC)S(=O)[O-]. The molecular weight excluding hydrogens is 138 g/mol. The highest BCUT2D eigenvalue weighted by molar-refractivity contribution is 7.79. The lowest BCUT2D eigenvalue weighted by Crippen LogP contribution is -2.26. The first-order valence-electron chi connectivity index (χ1n) is 2.95. The molecule has 2 unspecified atom stereocenters. The lowest BCUT2D eigenvalue weighted by Gasteiger charge is -2.16. The van der Waals surface area contributed by atoms with Crippen molar-refractivity contribution in [3.05, 3.63) is 0 Å². The Hall–Kier alpha value is 0.0700. The Kier molecular flexibility index (Phi) is 4.94. The molecule has 4 heteroatoms. The summed E-state index contributed by atoms with van der Waals surface area (Å²) >= 11 is -1.92. The molecule has 0 aromatic rings. The molecule has 0 aromatic carbocycles. The van der Waals surface area contributed by atoms with E-state index in [4.69, 9.17) is 0 Å². The molecule has 0 aliphatic heterocycles. The fraction of sp³-hybridized carbons (Fsp3) is 1.00. The van der Waals surface area contributed by atoms with Gasteiger partial charge in [-0.1, -0.05) is 18.0 Å². The summed E-state index contributed by atoms with van der Waals surface area (Å²) in [6.07, 6.45) is 0.678. The van der Waals surface area contributed by atoms with Crippen LogP contribution >= 0.6 is 0 Å². The summed E-state index contributed by atoms with van der Waals surface area (Å²) in [6, 6.07) is 0. The van der Waals surface area contributed by atoms with E-state index in [1.807, 2.05) is 6.92 Å². The number of nitrogens with one attached hydrogen (secondary N) is 1. The molecule has 0 aliphatic rings. The van der Waals surface area contributed by atoms with E-state index >= 15 is 0 Å². The zero-order valence-corrected chi connectivity index (χ0v) is 6.53. The molecule has 0 fully saturated rings. The van der Waals surface area contributed by atoms with Crippen molar-refractivity contribution in [2.24, 2.45) is 0 Å². The molecule has 2 atom stereocenters. The molecule has 0 bridgehead atoms. The van der Waals surface area contributed by atoms with Gasteiger partial charge in [0.25, 0.3) is 0 Å². The number of rotatable bonds is 4. The minimum absolute atomic E-state index is 0.227. The molecule has 0 saturated carbocycles. The van der Waals surface area contributed by atoms with Crippen molar-refractivity contribution in [1.82, 2.24) is 5.32 Å². The van der Waals surface area contributed by atoms with E-state index in [1.165, 1.54) is 0 Å². The normalized spacial score (nSPS) is 17.2. The van der Waals surface area contributed by atoms with Crippen molar-refractivity contribution in [3.8, 4) is 0 Å². The molecule has 0 spiro atoms. The molecule has 0 aliphatic carbocycles. The Balaban J connectivity index is 3.54. The van der Waals surface area contributed by atoms with Gasteiger partial charge >= 0.3 is 0 Å². The van der Waals surface area contributed by atoms with Gasteiger partial charge in [-0.2, -0.15) is 0 Å². The van der Waals surface area contributed by atoms with Gasteiger partial charge in [0.1, 0.15) is 0 Å². The summed E-state index contributed by atoms with van der Waals surface area (Å²) in [6.45, 7) is 2.41. The predicted molar refractivity (Wildman–Crippen MR) is 36.9 cm³/mol. The van der Waals surface area contributed by atoms with Crippen molar-refractivity contribution in [3.63, 3.8) is 0 Å². The first kappa shape index (κ1) is 9.07. The molecule has 0 amide bonds. The van der Waals surface area contributed by atoms with Crippen LogP contribution < -0.4 is 5.32 Å². The Morgan fingerprint density at radius 2 is 2.33 bits per heavy atom. The first-order chi connectivity index (χ1) is 4.22. The van der Waals surface area contributed by atoms with E-state index < -0.39 is 11.1 Å². The fourth-order valence-corrected chi connectivity index (χ4v) is 1.15. The molecule has 0 rings (SSSR count). The second kappa shape index (κ2) is 4.90. The number of hydrogen-bond donors (Lipinski definition) is 1. The van der Waals surface area contributed by atoms with Crippen LogP contribution in [0.2, 0.25) is 0 Å². The quantitative estimate of drug-likeness (QED) is 0.568. The maximum absolute atomic E-state index is 10.3. The minimum Gasteiger partial charge on any atom is -0.772 e. The smallest absolute Gasteiger partial charge is 0.0337 e. The Bertz CT molecular complexity index is 97.0. The third kappa shape index (κ3) is 3.61. The van der Waals surface area contributed by atoms with Crippen LogP contribution in [0.3, 0.4) is 0 Å². The van der Waals surface area contributed by atoms with Crippen LogP contribution in [0.25, 0.3) is 0 Å². The Morgan fingerprint density at radius 1 is 1.78 bits per heavy atom. The standard InChI is InChI=1S/C5H13NO2S/c1-3-5(4-6-2)9(7)8/h5-6H,3-4H2,1-2H3,(H,7,8)/p-1. The maximum atomic E-state index is 10.3. The van der Waals surface area contributed by atoms with Gasteiger partial charge in [-0.15, -0.1) is 0 Å². The van der Waals surface area contributed by atoms with Crippen LogP contribution in [-0.2, 0) is 11.1 Å². The summed E-state index contributed by atoms with van der Waals surface area (Å²) < 4.78 is 20.6. The van der Waals surface area contributed by atoms with Gasteiger partial charge in [0, 0.05) is 11.8 Å². The summed E-state index contributed by atoms with van der Waals surface area (Å²) in [5.74, 6) is 0. The molecule has 0 radical (unpaired) electrons. The van der Waals surface area contributed by atoms with Crippen LogP contribution in [-0.4, -0.2) is 27.6 Å². The van der Waals surface area contributed by atoms with Gasteiger partial charge in [0.2, 0.25) is 0 Å². The third-order valence-electron chi connectivity index (χ3n) is 1.16. The second-order valence-electron chi connectivity index (χ2n) is 1.85. The monoisotopic (exact) mass is 150 g/mol. The number of hydrogen-bond acceptors (Lipinski definition) is 3. The largest absolute Gasteiger partial charge is 0.772 e. The highest BCUT2D eigenvalue weighted by atomic mass is 32.2. The van der Waals surface area contributed by atoms with E-state index in [0.29, 0.717) is 13.0 Å². The van der Waals surface area contributed by atoms with Gasteiger partial charge in [-0.3, -0.25) is 4.21 Å². The van der Waals surface area contributed by atoms with E-state index in [0.717, 1.165) is 0 Å². The van der Waals surface area contributed by atoms with Crippen molar-refractivity contribution >= 4 is 11.1 Å². The Labute approximate surface area is 58.1 Å². The van der Waals surface area contributed by atoms with Gasteiger partial charge in [0.15, 0.2) is 0 Å². The van der Waals surface area contributed by atoms with E-state index in [1.54, 1.807) is 7.05 Å². The fourth-order valence-electron chi connectivity index (χ4n) is 0.576. The minimum atomic E-state index is -1.92. The molecule has 56 valence electrons. The van der Waals surface area contributed by atoms with Crippen molar-refractivity contribution in [2.45, 2.75) is 18.6 Å². The van der Waals surface area contributed by atoms with Gasteiger partial charge in [0.05, 0.1) is 0 Å². The van der Waals surface area contributed by atoms with Crippen LogP contribution in [0.1, 0.15) is 13.3 Å². The van der Waals surface area contributed by atoms with E-state index in [9.17, 15) is 8.76 Å². The third-order valence-corrected chi connectivity index (χ3v) is 2.20. The van der Waals surface area contributed by atoms with Gasteiger partial charge in [-0.05, 0) is 13.5 Å². The van der Waals surface area contributed by atoms with E-state index in [-0.39, 0.29) is 5.25 Å². The highest BCUT2D eigenvalue weighted by Gasteiger charge is 2.02.